The van der Waals surface area contributed by atoms with Gasteiger partial charge in [-0.1, -0.05) is 0 Å². The van der Waals surface area contributed by atoms with Crippen LogP contribution in [0.4, 0.5) is 0 Å². The lowest BCUT2D eigenvalue weighted by Gasteiger charge is -1.99. The van der Waals surface area contributed by atoms with Crippen molar-refractivity contribution in [3.63, 3.8) is 0 Å². The summed E-state index contributed by atoms with van der Waals surface area (Å²) in [6.45, 7) is 1.75. The molecule has 0 amide bonds. The van der Waals surface area contributed by atoms with Gasteiger partial charge in [-0.25, -0.2) is 4.98 Å². The monoisotopic (exact) mass is 207 g/mol. The largest absolute Gasteiger partial charge is 0.340 e. The highest BCUT2D eigenvalue weighted by atomic mass is 32.1. The first kappa shape index (κ1) is 9.43. The molecule has 0 saturated carbocycles. The molecule has 0 saturated heterocycles. The first-order valence-electron chi connectivity index (χ1n) is 4.53. The number of thiophene rings is 1. The molecule has 0 aliphatic carbocycles. The minimum absolute atomic E-state index is 0.830. The molecule has 0 aromatic carbocycles. The van der Waals surface area contributed by atoms with E-state index in [0.29, 0.717) is 0 Å². The lowest BCUT2D eigenvalue weighted by atomic mass is 10.3. The molecule has 74 valence electrons. The minimum atomic E-state index is 0.830. The normalized spacial score (nSPS) is 10.6. The highest BCUT2D eigenvalue weighted by Gasteiger charge is 1.96. The van der Waals surface area contributed by atoms with Gasteiger partial charge in [0.1, 0.15) is 0 Å². The van der Waals surface area contributed by atoms with Gasteiger partial charge in [0.05, 0.1) is 12.0 Å². The summed E-state index contributed by atoms with van der Waals surface area (Å²) >= 11 is 1.73. The number of rotatable bonds is 4. The zero-order valence-electron chi connectivity index (χ0n) is 8.10. The molecule has 0 bridgehead atoms. The van der Waals surface area contributed by atoms with Gasteiger partial charge in [-0.2, -0.15) is 11.3 Å². The third kappa shape index (κ3) is 2.43. The van der Waals surface area contributed by atoms with Crippen LogP contribution in [0, 0.1) is 0 Å². The summed E-state index contributed by atoms with van der Waals surface area (Å²) < 4.78 is 1.96. The Balaban J connectivity index is 1.78. The summed E-state index contributed by atoms with van der Waals surface area (Å²) in [5.74, 6) is 0. The summed E-state index contributed by atoms with van der Waals surface area (Å²) in [5, 5.41) is 7.60. The Morgan fingerprint density at radius 1 is 1.50 bits per heavy atom. The molecule has 0 spiro atoms. The standard InChI is InChI=1S/C10H13N3S/c1-13-6-10(12-8-13)5-11-4-9-2-3-14-7-9/h2-3,6-8,11H,4-5H2,1H3. The molecule has 0 aliphatic heterocycles. The van der Waals surface area contributed by atoms with Crippen LogP contribution in [-0.4, -0.2) is 9.55 Å². The number of aromatic nitrogens is 2. The van der Waals surface area contributed by atoms with Crippen molar-refractivity contribution in [3.05, 3.63) is 40.6 Å². The van der Waals surface area contributed by atoms with Crippen molar-refractivity contribution in [2.75, 3.05) is 0 Å². The molecule has 0 unspecified atom stereocenters. The lowest BCUT2D eigenvalue weighted by Crippen LogP contribution is -2.12. The molecule has 14 heavy (non-hydrogen) atoms. The maximum absolute atomic E-state index is 4.24. The molecule has 0 aliphatic rings. The Labute approximate surface area is 87.4 Å². The zero-order chi connectivity index (χ0) is 9.80. The van der Waals surface area contributed by atoms with Crippen LogP contribution in [0.3, 0.4) is 0 Å². The summed E-state index contributed by atoms with van der Waals surface area (Å²) in [6.07, 6.45) is 3.85. The molecule has 2 aromatic heterocycles. The van der Waals surface area contributed by atoms with Gasteiger partial charge in [0, 0.05) is 26.3 Å². The van der Waals surface area contributed by atoms with Gasteiger partial charge in [-0.05, 0) is 22.4 Å². The second-order valence-electron chi connectivity index (χ2n) is 3.27. The Bertz CT molecular complexity index is 378. The predicted molar refractivity (Wildman–Crippen MR) is 58.1 cm³/mol. The molecule has 2 heterocycles. The van der Waals surface area contributed by atoms with Gasteiger partial charge in [-0.15, -0.1) is 0 Å². The van der Waals surface area contributed by atoms with Gasteiger partial charge in [0.2, 0.25) is 0 Å². The SMILES string of the molecule is Cn1cnc(CNCc2ccsc2)c1. The van der Waals surface area contributed by atoms with Gasteiger partial charge in [0.15, 0.2) is 0 Å². The van der Waals surface area contributed by atoms with Crippen molar-refractivity contribution in [1.82, 2.24) is 14.9 Å². The summed E-state index contributed by atoms with van der Waals surface area (Å²) in [5.41, 5.74) is 2.42. The first-order valence-corrected chi connectivity index (χ1v) is 5.47. The van der Waals surface area contributed by atoms with Gasteiger partial charge in [0.25, 0.3) is 0 Å². The van der Waals surface area contributed by atoms with Crippen LogP contribution in [0.5, 0.6) is 0 Å². The Hall–Kier alpha value is -1.13. The average molecular weight is 207 g/mol. The predicted octanol–water partition coefficient (Wildman–Crippen LogP) is 1.77. The van der Waals surface area contributed by atoms with Gasteiger partial charge >= 0.3 is 0 Å². The molecule has 0 fully saturated rings. The highest BCUT2D eigenvalue weighted by Crippen LogP contribution is 2.05. The van der Waals surface area contributed by atoms with Crippen LogP contribution in [0.15, 0.2) is 29.4 Å². The minimum Gasteiger partial charge on any atom is -0.340 e. The van der Waals surface area contributed by atoms with Gasteiger partial charge in [-0.3, -0.25) is 0 Å². The second kappa shape index (κ2) is 4.39. The van der Waals surface area contributed by atoms with Crippen molar-refractivity contribution < 1.29 is 0 Å². The number of hydrogen-bond donors (Lipinski definition) is 1. The fourth-order valence-electron chi connectivity index (χ4n) is 1.29. The Morgan fingerprint density at radius 2 is 2.43 bits per heavy atom. The van der Waals surface area contributed by atoms with Crippen LogP contribution < -0.4 is 5.32 Å². The Morgan fingerprint density at radius 3 is 3.07 bits per heavy atom. The van der Waals surface area contributed by atoms with E-state index < -0.39 is 0 Å². The van der Waals surface area contributed by atoms with Crippen molar-refractivity contribution in [2.45, 2.75) is 13.1 Å². The summed E-state index contributed by atoms with van der Waals surface area (Å²) in [6, 6.07) is 2.14. The van der Waals surface area contributed by atoms with E-state index in [4.69, 9.17) is 0 Å². The fourth-order valence-corrected chi connectivity index (χ4v) is 1.96. The Kier molecular flexibility index (Phi) is 2.96. The molecule has 0 radical (unpaired) electrons. The smallest absolute Gasteiger partial charge is 0.0947 e. The number of aryl methyl sites for hydroxylation is 1. The molecule has 2 rings (SSSR count). The van der Waals surface area contributed by atoms with E-state index in [1.165, 1.54) is 5.56 Å². The average Bonchev–Trinajstić information content (AvgIpc) is 2.77. The van der Waals surface area contributed by atoms with Crippen LogP contribution in [0.2, 0.25) is 0 Å². The highest BCUT2D eigenvalue weighted by molar-refractivity contribution is 7.07. The summed E-state index contributed by atoms with van der Waals surface area (Å²) in [7, 11) is 1.98. The molecule has 3 nitrogen and oxygen atoms in total. The third-order valence-electron chi connectivity index (χ3n) is 1.97. The number of nitrogens with one attached hydrogen (secondary N) is 1. The van der Waals surface area contributed by atoms with E-state index in [-0.39, 0.29) is 0 Å². The number of imidazole rings is 1. The third-order valence-corrected chi connectivity index (χ3v) is 2.71. The van der Waals surface area contributed by atoms with Crippen molar-refractivity contribution in [1.29, 1.82) is 0 Å². The van der Waals surface area contributed by atoms with Crippen LogP contribution in [0.1, 0.15) is 11.3 Å². The maximum atomic E-state index is 4.24. The quantitative estimate of drug-likeness (QED) is 0.828. The second-order valence-corrected chi connectivity index (χ2v) is 4.05. The molecular weight excluding hydrogens is 194 g/mol. The molecular formula is C10H13N3S. The molecule has 2 aromatic rings. The van der Waals surface area contributed by atoms with E-state index in [0.717, 1.165) is 18.8 Å². The van der Waals surface area contributed by atoms with E-state index in [1.54, 1.807) is 11.3 Å². The topological polar surface area (TPSA) is 29.9 Å². The number of nitrogens with zero attached hydrogens (tertiary/aromatic N) is 2. The fraction of sp³-hybridized carbons (Fsp3) is 0.300. The zero-order valence-corrected chi connectivity index (χ0v) is 8.92. The van der Waals surface area contributed by atoms with E-state index >= 15 is 0 Å². The van der Waals surface area contributed by atoms with E-state index in [9.17, 15) is 0 Å². The van der Waals surface area contributed by atoms with Crippen molar-refractivity contribution >= 4 is 11.3 Å². The first-order chi connectivity index (χ1) is 6.84. The van der Waals surface area contributed by atoms with Gasteiger partial charge < -0.3 is 9.88 Å². The van der Waals surface area contributed by atoms with E-state index in [1.807, 2.05) is 24.1 Å². The molecule has 0 atom stereocenters. The number of hydrogen-bond acceptors (Lipinski definition) is 3. The lowest BCUT2D eigenvalue weighted by molar-refractivity contribution is 0.683. The van der Waals surface area contributed by atoms with Crippen LogP contribution in [-0.2, 0) is 20.1 Å². The van der Waals surface area contributed by atoms with E-state index in [2.05, 4.69) is 27.1 Å². The van der Waals surface area contributed by atoms with Crippen LogP contribution in [0.25, 0.3) is 0 Å². The van der Waals surface area contributed by atoms with Crippen molar-refractivity contribution in [2.24, 2.45) is 7.05 Å². The van der Waals surface area contributed by atoms with Crippen molar-refractivity contribution in [3.8, 4) is 0 Å². The van der Waals surface area contributed by atoms with Crippen LogP contribution >= 0.6 is 11.3 Å². The maximum Gasteiger partial charge on any atom is 0.0947 e. The molecule has 4 heteroatoms. The summed E-state index contributed by atoms with van der Waals surface area (Å²) in [4.78, 5) is 4.24. The molecule has 1 N–H and O–H groups in total.